The number of hydrogen-bond donors (Lipinski definition) is 1. The van der Waals surface area contributed by atoms with Gasteiger partial charge in [-0.1, -0.05) is 45.4 Å². The van der Waals surface area contributed by atoms with Crippen LogP contribution in [0.15, 0.2) is 16.5 Å². The highest BCUT2D eigenvalue weighted by Gasteiger charge is 2.21. The van der Waals surface area contributed by atoms with Gasteiger partial charge in [0.2, 0.25) is 0 Å². The second-order valence-corrected chi connectivity index (χ2v) is 5.94. The van der Waals surface area contributed by atoms with Crippen molar-refractivity contribution in [2.45, 2.75) is 64.5 Å². The Bertz CT molecular complexity index is 367. The van der Waals surface area contributed by atoms with Gasteiger partial charge in [-0.05, 0) is 31.0 Å². The lowest BCUT2D eigenvalue weighted by molar-refractivity contribution is 0.160. The van der Waals surface area contributed by atoms with Crippen molar-refractivity contribution < 1.29 is 9.15 Å². The third kappa shape index (κ3) is 4.64. The molecule has 1 fully saturated rings. The summed E-state index contributed by atoms with van der Waals surface area (Å²) in [6.07, 6.45) is 9.60. The van der Waals surface area contributed by atoms with Crippen LogP contribution >= 0.6 is 0 Å². The van der Waals surface area contributed by atoms with Gasteiger partial charge in [0.25, 0.3) is 0 Å². The molecule has 3 nitrogen and oxygen atoms in total. The van der Waals surface area contributed by atoms with E-state index in [1.807, 2.05) is 6.07 Å². The van der Waals surface area contributed by atoms with E-state index in [1.165, 1.54) is 44.9 Å². The third-order valence-corrected chi connectivity index (χ3v) is 4.31. The standard InChI is InChI=1S/C17H29NO2/c1-3-18-16(12-14-8-6-4-5-7-9-14)17-11-10-15(20-17)13-19-2/h10-11,14,16,18H,3-9,12-13H2,1-2H3. The Balaban J connectivity index is 1.97. The van der Waals surface area contributed by atoms with E-state index >= 15 is 0 Å². The maximum Gasteiger partial charge on any atom is 0.129 e. The van der Waals surface area contributed by atoms with Gasteiger partial charge in [-0.3, -0.25) is 0 Å². The van der Waals surface area contributed by atoms with Gasteiger partial charge >= 0.3 is 0 Å². The first-order chi connectivity index (χ1) is 9.83. The van der Waals surface area contributed by atoms with Gasteiger partial charge < -0.3 is 14.5 Å². The Morgan fingerprint density at radius 3 is 2.65 bits per heavy atom. The van der Waals surface area contributed by atoms with Gasteiger partial charge in [0.1, 0.15) is 18.1 Å². The van der Waals surface area contributed by atoms with Crippen LogP contribution in [0.4, 0.5) is 0 Å². The van der Waals surface area contributed by atoms with Crippen LogP contribution in [-0.2, 0) is 11.3 Å². The largest absolute Gasteiger partial charge is 0.462 e. The maximum atomic E-state index is 5.92. The molecule has 1 unspecified atom stereocenters. The van der Waals surface area contributed by atoms with E-state index in [9.17, 15) is 0 Å². The minimum absolute atomic E-state index is 0.355. The predicted octanol–water partition coefficient (Wildman–Crippen LogP) is 4.44. The van der Waals surface area contributed by atoms with Crippen molar-refractivity contribution in [1.82, 2.24) is 5.32 Å². The van der Waals surface area contributed by atoms with E-state index in [0.717, 1.165) is 24.0 Å². The summed E-state index contributed by atoms with van der Waals surface area (Å²) in [5.41, 5.74) is 0. The van der Waals surface area contributed by atoms with Crippen LogP contribution in [0, 0.1) is 5.92 Å². The quantitative estimate of drug-likeness (QED) is 0.749. The van der Waals surface area contributed by atoms with Crippen molar-refractivity contribution in [1.29, 1.82) is 0 Å². The summed E-state index contributed by atoms with van der Waals surface area (Å²) in [6.45, 7) is 3.71. The minimum atomic E-state index is 0.355. The lowest BCUT2D eigenvalue weighted by Crippen LogP contribution is -2.23. The highest BCUT2D eigenvalue weighted by molar-refractivity contribution is 5.10. The fourth-order valence-electron chi connectivity index (χ4n) is 3.28. The lowest BCUT2D eigenvalue weighted by Gasteiger charge is -2.21. The van der Waals surface area contributed by atoms with Gasteiger partial charge in [-0.2, -0.15) is 0 Å². The molecule has 0 radical (unpaired) electrons. The van der Waals surface area contributed by atoms with E-state index in [2.05, 4.69) is 18.3 Å². The smallest absolute Gasteiger partial charge is 0.129 e. The molecule has 1 aliphatic rings. The average molecular weight is 279 g/mol. The van der Waals surface area contributed by atoms with Crippen LogP contribution in [0.25, 0.3) is 0 Å². The predicted molar refractivity (Wildman–Crippen MR) is 81.6 cm³/mol. The first-order valence-corrected chi connectivity index (χ1v) is 8.14. The molecule has 0 bridgehead atoms. The Labute approximate surface area is 123 Å². The SMILES string of the molecule is CCNC(CC1CCCCCC1)c1ccc(COC)o1. The van der Waals surface area contributed by atoms with E-state index in [1.54, 1.807) is 7.11 Å². The van der Waals surface area contributed by atoms with Crippen LogP contribution < -0.4 is 5.32 Å². The monoisotopic (exact) mass is 279 g/mol. The second kappa shape index (κ2) is 8.48. The fourth-order valence-corrected chi connectivity index (χ4v) is 3.28. The van der Waals surface area contributed by atoms with E-state index < -0.39 is 0 Å². The molecule has 1 N–H and O–H groups in total. The van der Waals surface area contributed by atoms with Crippen LogP contribution in [-0.4, -0.2) is 13.7 Å². The third-order valence-electron chi connectivity index (χ3n) is 4.31. The molecule has 114 valence electrons. The van der Waals surface area contributed by atoms with Crippen molar-refractivity contribution in [3.8, 4) is 0 Å². The molecule has 3 heteroatoms. The summed E-state index contributed by atoms with van der Waals surface area (Å²) in [5.74, 6) is 2.84. The number of furan rings is 1. The Morgan fingerprint density at radius 2 is 2.00 bits per heavy atom. The maximum absolute atomic E-state index is 5.92. The fraction of sp³-hybridized carbons (Fsp3) is 0.765. The van der Waals surface area contributed by atoms with Crippen LogP contribution in [0.5, 0.6) is 0 Å². The van der Waals surface area contributed by atoms with Crippen molar-refractivity contribution in [3.05, 3.63) is 23.7 Å². The molecule has 1 aliphatic carbocycles. The Kier molecular flexibility index (Phi) is 6.61. The molecule has 1 aromatic heterocycles. The van der Waals surface area contributed by atoms with Gasteiger partial charge in [0, 0.05) is 7.11 Å². The van der Waals surface area contributed by atoms with E-state index in [4.69, 9.17) is 9.15 Å². The second-order valence-electron chi connectivity index (χ2n) is 5.94. The molecule has 0 aromatic carbocycles. The Morgan fingerprint density at radius 1 is 1.25 bits per heavy atom. The molecule has 1 atom stereocenters. The first kappa shape index (κ1) is 15.6. The summed E-state index contributed by atoms with van der Waals surface area (Å²) in [5, 5.41) is 3.59. The van der Waals surface area contributed by atoms with Gasteiger partial charge in [0.05, 0.1) is 6.04 Å². The van der Waals surface area contributed by atoms with Crippen molar-refractivity contribution in [2.75, 3.05) is 13.7 Å². The molecule has 1 heterocycles. The molecule has 20 heavy (non-hydrogen) atoms. The van der Waals surface area contributed by atoms with Crippen molar-refractivity contribution in [3.63, 3.8) is 0 Å². The van der Waals surface area contributed by atoms with Gasteiger partial charge in [-0.15, -0.1) is 0 Å². The van der Waals surface area contributed by atoms with E-state index in [-0.39, 0.29) is 0 Å². The first-order valence-electron chi connectivity index (χ1n) is 8.14. The zero-order valence-corrected chi connectivity index (χ0v) is 13.0. The summed E-state index contributed by atoms with van der Waals surface area (Å²) in [6, 6.07) is 4.50. The zero-order chi connectivity index (χ0) is 14.2. The minimum Gasteiger partial charge on any atom is -0.462 e. The lowest BCUT2D eigenvalue weighted by atomic mass is 9.91. The van der Waals surface area contributed by atoms with E-state index in [0.29, 0.717) is 12.6 Å². The number of methoxy groups -OCH3 is 1. The molecule has 1 aromatic rings. The van der Waals surface area contributed by atoms with Crippen molar-refractivity contribution in [2.24, 2.45) is 5.92 Å². The highest BCUT2D eigenvalue weighted by atomic mass is 16.5. The Hall–Kier alpha value is -0.800. The van der Waals surface area contributed by atoms with Crippen molar-refractivity contribution >= 4 is 0 Å². The summed E-state index contributed by atoms with van der Waals surface area (Å²) < 4.78 is 11.1. The number of ether oxygens (including phenoxy) is 1. The molecule has 0 saturated heterocycles. The normalized spacial score (nSPS) is 18.9. The molecule has 0 spiro atoms. The van der Waals surface area contributed by atoms with Gasteiger partial charge in [-0.25, -0.2) is 0 Å². The summed E-state index contributed by atoms with van der Waals surface area (Å²) >= 11 is 0. The molecule has 0 aliphatic heterocycles. The number of nitrogens with one attached hydrogen (secondary N) is 1. The van der Waals surface area contributed by atoms with Gasteiger partial charge in [0.15, 0.2) is 0 Å². The van der Waals surface area contributed by atoms with Crippen LogP contribution in [0.2, 0.25) is 0 Å². The number of rotatable bonds is 7. The number of hydrogen-bond acceptors (Lipinski definition) is 3. The van der Waals surface area contributed by atoms with Crippen LogP contribution in [0.3, 0.4) is 0 Å². The molecular formula is C17H29NO2. The highest BCUT2D eigenvalue weighted by Crippen LogP contribution is 2.31. The summed E-state index contributed by atoms with van der Waals surface area (Å²) in [7, 11) is 1.70. The van der Waals surface area contributed by atoms with Crippen LogP contribution in [0.1, 0.15) is 69.4 Å². The topological polar surface area (TPSA) is 34.4 Å². The summed E-state index contributed by atoms with van der Waals surface area (Å²) in [4.78, 5) is 0. The zero-order valence-electron chi connectivity index (χ0n) is 13.0. The molecule has 0 amide bonds. The average Bonchev–Trinajstić information content (AvgIpc) is 2.75. The molecular weight excluding hydrogens is 250 g/mol. The molecule has 2 rings (SSSR count). The molecule has 1 saturated carbocycles.